The zero-order valence-corrected chi connectivity index (χ0v) is 23.9. The van der Waals surface area contributed by atoms with E-state index in [9.17, 15) is 18.8 Å². The van der Waals surface area contributed by atoms with E-state index >= 15 is 0 Å². The van der Waals surface area contributed by atoms with Crippen molar-refractivity contribution in [2.45, 2.75) is 17.9 Å². The molecule has 2 aromatic heterocycles. The quantitative estimate of drug-likeness (QED) is 0.0719. The number of nitrogens with one attached hydrogen (secondary N) is 2. The molecule has 1 atom stereocenters. The van der Waals surface area contributed by atoms with Gasteiger partial charge in [-0.1, -0.05) is 12.1 Å². The van der Waals surface area contributed by atoms with Gasteiger partial charge in [0.2, 0.25) is 5.78 Å². The maximum atomic E-state index is 14.0. The fraction of sp³-hybridized carbons (Fsp3) is 0.103. The van der Waals surface area contributed by atoms with E-state index in [1.165, 1.54) is 23.0 Å². The molecule has 206 valence electrons. The highest BCUT2D eigenvalue weighted by atomic mass is 127. The van der Waals surface area contributed by atoms with E-state index in [4.69, 9.17) is 10.5 Å². The Morgan fingerprint density at radius 3 is 2.51 bits per heavy atom. The number of hydrogen-bond donors (Lipinski definition) is 3. The Balaban J connectivity index is 1.28. The number of nitrogens with zero attached hydrogens (tertiary/aromatic N) is 3. The van der Waals surface area contributed by atoms with E-state index in [-0.39, 0.29) is 34.5 Å². The van der Waals surface area contributed by atoms with Crippen LogP contribution in [0.1, 0.15) is 27.2 Å². The molecule has 0 unspecified atom stereocenters. The number of nitrogens with two attached hydrogens (primary N) is 1. The molecule has 1 aliphatic heterocycles. The molecule has 0 saturated carbocycles. The summed E-state index contributed by atoms with van der Waals surface area (Å²) in [6, 6.07) is 15.9. The summed E-state index contributed by atoms with van der Waals surface area (Å²) in [5, 5.41) is 7.67. The van der Waals surface area contributed by atoms with Crippen molar-refractivity contribution in [2.24, 2.45) is 0 Å². The molecule has 0 aliphatic carbocycles. The van der Waals surface area contributed by atoms with Gasteiger partial charge < -0.3 is 20.8 Å². The van der Waals surface area contributed by atoms with Gasteiger partial charge in [-0.3, -0.25) is 9.59 Å². The fourth-order valence-corrected chi connectivity index (χ4v) is 5.32. The number of rotatable bonds is 6. The van der Waals surface area contributed by atoms with Crippen LogP contribution in [0.15, 0.2) is 66.9 Å². The zero-order valence-electron chi connectivity index (χ0n) is 21.7. The largest absolute Gasteiger partial charge is 0.454 e. The molecular formula is C29H22FIN6O4. The van der Waals surface area contributed by atoms with E-state index in [1.54, 1.807) is 55.5 Å². The number of halogens is 2. The van der Waals surface area contributed by atoms with E-state index < -0.39 is 15.9 Å². The number of imide groups is 1. The number of carbonyl (C=O) groups is 3. The minimum atomic E-state index is -0.644. The van der Waals surface area contributed by atoms with Crippen molar-refractivity contribution in [3.8, 4) is 17.2 Å². The van der Waals surface area contributed by atoms with Gasteiger partial charge in [-0.2, -0.15) is 5.10 Å². The molecule has 1 aliphatic rings. The number of ketones is 1. The molecule has 5 aromatic rings. The number of anilines is 2. The van der Waals surface area contributed by atoms with Crippen molar-refractivity contribution < 1.29 is 23.5 Å². The number of H-pyrrole nitrogens is 1. The Kier molecular flexibility index (Phi) is 6.49. The van der Waals surface area contributed by atoms with E-state index in [0.29, 0.717) is 28.2 Å². The van der Waals surface area contributed by atoms with Crippen LogP contribution in [0.3, 0.4) is 0 Å². The summed E-state index contributed by atoms with van der Waals surface area (Å²) in [7, 11) is 0. The van der Waals surface area contributed by atoms with E-state index in [1.807, 2.05) is 29.5 Å². The normalized spacial score (nSPS) is 15.0. The first-order valence-corrected chi connectivity index (χ1v) is 13.7. The predicted molar refractivity (Wildman–Crippen MR) is 159 cm³/mol. The van der Waals surface area contributed by atoms with Gasteiger partial charge in [0, 0.05) is 10.9 Å². The zero-order chi connectivity index (χ0) is 29.0. The third-order valence-electron chi connectivity index (χ3n) is 6.83. The molecule has 1 saturated heterocycles. The van der Waals surface area contributed by atoms with E-state index in [0.717, 1.165) is 15.8 Å². The fourth-order valence-electron chi connectivity index (χ4n) is 4.78. The number of amides is 3. The monoisotopic (exact) mass is 664 g/mol. The Hall–Kier alpha value is -4.72. The van der Waals surface area contributed by atoms with Crippen LogP contribution in [-0.4, -0.2) is 36.5 Å². The molecule has 0 bridgehead atoms. The van der Waals surface area contributed by atoms with Crippen LogP contribution in [0, 0.1) is 19.7 Å². The molecule has 12 heteroatoms. The first-order chi connectivity index (χ1) is 19.6. The summed E-state index contributed by atoms with van der Waals surface area (Å²) in [5.74, 6) is -0.512. The lowest BCUT2D eigenvalue weighted by Crippen LogP contribution is -2.31. The molecule has 1 fully saturated rings. The number of aromatic amines is 1. The Morgan fingerprint density at radius 2 is 1.80 bits per heavy atom. The van der Waals surface area contributed by atoms with Crippen LogP contribution in [-0.2, 0) is 4.79 Å². The van der Waals surface area contributed by atoms with Gasteiger partial charge in [-0.25, -0.2) is 18.8 Å². The topological polar surface area (TPSA) is 135 Å². The Bertz CT molecular complexity index is 1900. The number of carbonyl (C=O) groups excluding carboxylic acids is 3. The number of aromatic nitrogens is 3. The molecule has 0 spiro atoms. The lowest BCUT2D eigenvalue weighted by Gasteiger charge is -2.15. The minimum absolute atomic E-state index is 0.108. The number of nitrogen functional groups attached to an aromatic ring is 1. The summed E-state index contributed by atoms with van der Waals surface area (Å²) in [5.41, 5.74) is 9.95. The van der Waals surface area contributed by atoms with Gasteiger partial charge in [-0.05, 0) is 96.1 Å². The lowest BCUT2D eigenvalue weighted by atomic mass is 10.1. The maximum absolute atomic E-state index is 14.0. The summed E-state index contributed by atoms with van der Waals surface area (Å²) in [4.78, 5) is 42.5. The number of para-hydroxylation sites is 1. The van der Waals surface area contributed by atoms with Gasteiger partial charge >= 0.3 is 6.03 Å². The molecule has 3 amide bonds. The van der Waals surface area contributed by atoms with Crippen molar-refractivity contribution in [1.29, 1.82) is 0 Å². The first kappa shape index (κ1) is 26.5. The second-order valence-corrected chi connectivity index (χ2v) is 10.8. The average molecular weight is 664 g/mol. The number of aryl methyl sites for hydroxylation is 2. The number of hydrogen-bond acceptors (Lipinski definition) is 6. The third-order valence-corrected chi connectivity index (χ3v) is 7.67. The minimum Gasteiger partial charge on any atom is -0.454 e. The summed E-state index contributed by atoms with van der Waals surface area (Å²) >= 11 is 1.87. The Morgan fingerprint density at radius 1 is 1.05 bits per heavy atom. The lowest BCUT2D eigenvalue weighted by molar-refractivity contribution is -0.116. The highest BCUT2D eigenvalue weighted by Crippen LogP contribution is 2.32. The van der Waals surface area contributed by atoms with Gasteiger partial charge in [0.15, 0.2) is 15.6 Å². The number of urea groups is 1. The molecule has 10 nitrogen and oxygen atoms in total. The molecular weight excluding hydrogens is 642 g/mol. The maximum Gasteiger partial charge on any atom is 0.330 e. The molecule has 6 rings (SSSR count). The second kappa shape index (κ2) is 10.0. The third kappa shape index (κ3) is 4.59. The summed E-state index contributed by atoms with van der Waals surface area (Å²) in [6.07, 6.45) is 1.40. The molecule has 3 aromatic carbocycles. The number of fused-ring (bicyclic) bond motifs is 1. The average Bonchev–Trinajstić information content (AvgIpc) is 3.59. The number of alkyl halides is 1. The molecule has 0 radical (unpaired) electrons. The smallest absolute Gasteiger partial charge is 0.330 e. The van der Waals surface area contributed by atoms with Crippen LogP contribution in [0.25, 0.3) is 16.6 Å². The first-order valence-electron chi connectivity index (χ1n) is 12.5. The molecule has 4 N–H and O–H groups in total. The SMILES string of the molecule is Cc1cc2cc(C(=O)c3cnn(-c4ccc(Oc5ccccc5F)cc4C)c3N)[nH]c2cc1N1C(=O)N[C@@H](I)C1=O. The van der Waals surface area contributed by atoms with Crippen molar-refractivity contribution in [3.63, 3.8) is 0 Å². The van der Waals surface area contributed by atoms with Crippen LogP contribution in [0.2, 0.25) is 0 Å². The predicted octanol–water partition coefficient (Wildman–Crippen LogP) is 5.53. The van der Waals surface area contributed by atoms with Crippen molar-refractivity contribution in [3.05, 3.63) is 95.1 Å². The van der Waals surface area contributed by atoms with Crippen molar-refractivity contribution in [1.82, 2.24) is 20.1 Å². The van der Waals surface area contributed by atoms with Crippen LogP contribution in [0.5, 0.6) is 11.5 Å². The van der Waals surface area contributed by atoms with Crippen molar-refractivity contribution in [2.75, 3.05) is 10.6 Å². The Labute approximate surface area is 246 Å². The van der Waals surface area contributed by atoms with Crippen LogP contribution in [0.4, 0.5) is 20.7 Å². The number of benzene rings is 3. The van der Waals surface area contributed by atoms with Gasteiger partial charge in [0.1, 0.15) is 11.6 Å². The van der Waals surface area contributed by atoms with Crippen LogP contribution < -0.4 is 20.7 Å². The molecule has 41 heavy (non-hydrogen) atoms. The van der Waals surface area contributed by atoms with Crippen molar-refractivity contribution >= 4 is 62.7 Å². The summed E-state index contributed by atoms with van der Waals surface area (Å²) in [6.45, 7) is 3.62. The van der Waals surface area contributed by atoms with Gasteiger partial charge in [0.25, 0.3) is 5.91 Å². The van der Waals surface area contributed by atoms with Crippen LogP contribution >= 0.6 is 22.6 Å². The van der Waals surface area contributed by atoms with E-state index in [2.05, 4.69) is 15.4 Å². The molecule has 3 heterocycles. The van der Waals surface area contributed by atoms with Gasteiger partial charge in [-0.15, -0.1) is 0 Å². The number of ether oxygens (including phenoxy) is 1. The standard InChI is InChI=1S/C29H22FIN6O4/c1-14-9-16-11-21(34-20(16)12-23(14)36-28(39)26(31)35-29(36)40)25(38)18-13-33-37(27(18)32)22-8-7-17(10-15(22)2)41-24-6-4-3-5-19(24)30/h3-13,26,34H,32H2,1-2H3,(H,35,40)/t26-/m1/s1. The highest BCUT2D eigenvalue weighted by molar-refractivity contribution is 14.1. The van der Waals surface area contributed by atoms with Gasteiger partial charge in [0.05, 0.1) is 28.8 Å². The highest BCUT2D eigenvalue weighted by Gasteiger charge is 2.38. The summed E-state index contributed by atoms with van der Waals surface area (Å²) < 4.78 is 20.5. The second-order valence-electron chi connectivity index (χ2n) is 9.56.